The summed E-state index contributed by atoms with van der Waals surface area (Å²) in [4.78, 5) is 14.4. The summed E-state index contributed by atoms with van der Waals surface area (Å²) in [6.07, 6.45) is 2.37. The van der Waals surface area contributed by atoms with Gasteiger partial charge in [-0.1, -0.05) is 5.16 Å². The van der Waals surface area contributed by atoms with Crippen molar-refractivity contribution in [1.29, 1.82) is 0 Å². The summed E-state index contributed by atoms with van der Waals surface area (Å²) in [5, 5.41) is 7.63. The Hall–Kier alpha value is -2.21. The van der Waals surface area contributed by atoms with Crippen molar-refractivity contribution < 1.29 is 13.7 Å². The first-order chi connectivity index (χ1) is 13.1. The third-order valence-corrected chi connectivity index (χ3v) is 5.48. The fraction of sp³-hybridized carbons (Fsp3) is 0.524. The Morgan fingerprint density at radius 2 is 2.00 bits per heavy atom. The third-order valence-electron chi connectivity index (χ3n) is 5.48. The molecule has 5 nitrogen and oxygen atoms in total. The maximum Gasteiger partial charge on any atom is 0.222 e. The first kappa shape index (κ1) is 19.5. The quantitative estimate of drug-likeness (QED) is 0.807. The largest absolute Gasteiger partial charge is 0.356 e. The molecule has 1 aromatic heterocycles. The molecule has 2 aromatic rings. The van der Waals surface area contributed by atoms with Crippen LogP contribution in [0.5, 0.6) is 0 Å². The van der Waals surface area contributed by atoms with Gasteiger partial charge in [-0.3, -0.25) is 4.79 Å². The van der Waals surface area contributed by atoms with E-state index in [1.165, 1.54) is 12.1 Å². The van der Waals surface area contributed by atoms with E-state index in [-0.39, 0.29) is 11.7 Å². The van der Waals surface area contributed by atoms with Crippen molar-refractivity contribution in [3.8, 4) is 11.3 Å². The van der Waals surface area contributed by atoms with Crippen molar-refractivity contribution in [3.05, 3.63) is 41.8 Å². The highest BCUT2D eigenvalue weighted by molar-refractivity contribution is 5.76. The summed E-state index contributed by atoms with van der Waals surface area (Å²) in [5.74, 6) is 1.32. The standard InChI is InChI=1S/C21H28FN3O2/c1-3-25(4-2)21(26)12-16-9-10-23-14-17(16)11-19-13-20(27-24-19)15-5-7-18(22)8-6-15/h5-8,13,16-17,23H,3-4,9-12,14H2,1-2H3/t16-,17+/m1/s1. The average Bonchev–Trinajstić information content (AvgIpc) is 3.13. The predicted molar refractivity (Wildman–Crippen MR) is 103 cm³/mol. The Morgan fingerprint density at radius 1 is 1.26 bits per heavy atom. The average molecular weight is 373 g/mol. The zero-order valence-electron chi connectivity index (χ0n) is 16.1. The second-order valence-electron chi connectivity index (χ2n) is 7.18. The molecule has 0 saturated carbocycles. The highest BCUT2D eigenvalue weighted by Crippen LogP contribution is 2.28. The van der Waals surface area contributed by atoms with Crippen molar-refractivity contribution in [2.45, 2.75) is 33.1 Å². The first-order valence-corrected chi connectivity index (χ1v) is 9.80. The van der Waals surface area contributed by atoms with Gasteiger partial charge < -0.3 is 14.7 Å². The molecule has 1 amide bonds. The van der Waals surface area contributed by atoms with Gasteiger partial charge in [-0.2, -0.15) is 0 Å². The van der Waals surface area contributed by atoms with E-state index in [0.29, 0.717) is 24.0 Å². The van der Waals surface area contributed by atoms with Gasteiger partial charge in [0.1, 0.15) is 5.82 Å². The lowest BCUT2D eigenvalue weighted by atomic mass is 9.81. The zero-order valence-corrected chi connectivity index (χ0v) is 16.1. The van der Waals surface area contributed by atoms with Gasteiger partial charge in [-0.05, 0) is 75.9 Å². The van der Waals surface area contributed by atoms with Crippen LogP contribution in [0.15, 0.2) is 34.9 Å². The number of nitrogens with one attached hydrogen (secondary N) is 1. The molecule has 3 rings (SSSR count). The van der Waals surface area contributed by atoms with E-state index >= 15 is 0 Å². The molecule has 1 saturated heterocycles. The maximum absolute atomic E-state index is 13.1. The molecule has 2 heterocycles. The Bertz CT molecular complexity index is 740. The normalized spacial score (nSPS) is 19.8. The van der Waals surface area contributed by atoms with Crippen LogP contribution >= 0.6 is 0 Å². The van der Waals surface area contributed by atoms with Crippen LogP contribution in [0, 0.1) is 17.7 Å². The molecule has 1 aliphatic rings. The molecule has 6 heteroatoms. The predicted octanol–water partition coefficient (Wildman–Crippen LogP) is 3.51. The smallest absolute Gasteiger partial charge is 0.222 e. The second-order valence-corrected chi connectivity index (χ2v) is 7.18. The number of rotatable bonds is 7. The maximum atomic E-state index is 13.1. The van der Waals surface area contributed by atoms with Gasteiger partial charge in [-0.15, -0.1) is 0 Å². The van der Waals surface area contributed by atoms with Crippen molar-refractivity contribution in [2.75, 3.05) is 26.2 Å². The summed E-state index contributed by atoms with van der Waals surface area (Å²) in [5.41, 5.74) is 1.69. The van der Waals surface area contributed by atoms with E-state index in [2.05, 4.69) is 10.5 Å². The fourth-order valence-electron chi connectivity index (χ4n) is 3.84. The number of aromatic nitrogens is 1. The highest BCUT2D eigenvalue weighted by atomic mass is 19.1. The number of amides is 1. The van der Waals surface area contributed by atoms with E-state index in [0.717, 1.165) is 50.3 Å². The van der Waals surface area contributed by atoms with Crippen LogP contribution in [0.1, 0.15) is 32.4 Å². The van der Waals surface area contributed by atoms with Crippen molar-refractivity contribution in [3.63, 3.8) is 0 Å². The number of hydrogen-bond acceptors (Lipinski definition) is 4. The molecule has 0 bridgehead atoms. The van der Waals surface area contributed by atoms with Crippen molar-refractivity contribution in [1.82, 2.24) is 15.4 Å². The lowest BCUT2D eigenvalue weighted by Gasteiger charge is -2.32. The monoisotopic (exact) mass is 373 g/mol. The zero-order chi connectivity index (χ0) is 19.2. The Balaban J connectivity index is 1.66. The van der Waals surface area contributed by atoms with E-state index in [4.69, 9.17) is 4.52 Å². The number of hydrogen-bond donors (Lipinski definition) is 1. The lowest BCUT2D eigenvalue weighted by Crippen LogP contribution is -2.41. The number of carbonyl (C=O) groups is 1. The Morgan fingerprint density at radius 3 is 2.70 bits per heavy atom. The molecule has 2 atom stereocenters. The van der Waals surface area contributed by atoms with E-state index < -0.39 is 0 Å². The molecule has 1 aliphatic heterocycles. The van der Waals surface area contributed by atoms with Crippen LogP contribution in [-0.2, 0) is 11.2 Å². The molecule has 0 radical (unpaired) electrons. The minimum atomic E-state index is -0.271. The highest BCUT2D eigenvalue weighted by Gasteiger charge is 2.29. The minimum Gasteiger partial charge on any atom is -0.356 e. The molecule has 1 aromatic carbocycles. The van der Waals surface area contributed by atoms with Crippen molar-refractivity contribution in [2.24, 2.45) is 11.8 Å². The molecular formula is C21H28FN3O2. The third kappa shape index (κ3) is 4.95. The topological polar surface area (TPSA) is 58.4 Å². The number of halogens is 1. The summed E-state index contributed by atoms with van der Waals surface area (Å²) < 4.78 is 18.5. The molecular weight excluding hydrogens is 345 g/mol. The van der Waals surface area contributed by atoms with Gasteiger partial charge in [0, 0.05) is 31.1 Å². The van der Waals surface area contributed by atoms with Crippen LogP contribution in [0.3, 0.4) is 0 Å². The SMILES string of the molecule is CCN(CC)C(=O)C[C@H]1CCNC[C@@H]1Cc1cc(-c2ccc(F)cc2)on1. The number of benzene rings is 1. The van der Waals surface area contributed by atoms with Crippen LogP contribution in [-0.4, -0.2) is 42.1 Å². The van der Waals surface area contributed by atoms with Gasteiger partial charge in [0.05, 0.1) is 5.69 Å². The Labute approximate surface area is 159 Å². The molecule has 1 N–H and O–H groups in total. The Kier molecular flexibility index (Phi) is 6.61. The van der Waals surface area contributed by atoms with Crippen LogP contribution in [0.2, 0.25) is 0 Å². The molecule has 0 unspecified atom stereocenters. The molecule has 1 fully saturated rings. The molecule has 0 spiro atoms. The lowest BCUT2D eigenvalue weighted by molar-refractivity contribution is -0.132. The van der Waals surface area contributed by atoms with Gasteiger partial charge in [0.25, 0.3) is 0 Å². The summed E-state index contributed by atoms with van der Waals surface area (Å²) >= 11 is 0. The van der Waals surface area contributed by atoms with Gasteiger partial charge in [-0.25, -0.2) is 4.39 Å². The minimum absolute atomic E-state index is 0.240. The summed E-state index contributed by atoms with van der Waals surface area (Å²) in [6, 6.07) is 8.13. The van der Waals surface area contributed by atoms with Gasteiger partial charge >= 0.3 is 0 Å². The van der Waals surface area contributed by atoms with Crippen LogP contribution < -0.4 is 5.32 Å². The van der Waals surface area contributed by atoms with Gasteiger partial charge in [0.2, 0.25) is 5.91 Å². The molecule has 27 heavy (non-hydrogen) atoms. The van der Waals surface area contributed by atoms with E-state index in [9.17, 15) is 9.18 Å². The van der Waals surface area contributed by atoms with Crippen molar-refractivity contribution >= 4 is 5.91 Å². The van der Waals surface area contributed by atoms with Crippen LogP contribution in [0.4, 0.5) is 4.39 Å². The second kappa shape index (κ2) is 9.13. The van der Waals surface area contributed by atoms with Crippen LogP contribution in [0.25, 0.3) is 11.3 Å². The first-order valence-electron chi connectivity index (χ1n) is 9.80. The summed E-state index contributed by atoms with van der Waals surface area (Å²) in [6.45, 7) is 7.40. The number of piperidine rings is 1. The van der Waals surface area contributed by atoms with E-state index in [1.807, 2.05) is 24.8 Å². The number of nitrogens with zero attached hydrogens (tertiary/aromatic N) is 2. The van der Waals surface area contributed by atoms with E-state index in [1.54, 1.807) is 12.1 Å². The molecule has 0 aliphatic carbocycles. The summed E-state index contributed by atoms with van der Waals surface area (Å²) in [7, 11) is 0. The molecule has 146 valence electrons. The number of carbonyl (C=O) groups excluding carboxylic acids is 1. The van der Waals surface area contributed by atoms with Gasteiger partial charge in [0.15, 0.2) is 5.76 Å². The fourth-order valence-corrected chi connectivity index (χ4v) is 3.84.